The summed E-state index contributed by atoms with van der Waals surface area (Å²) in [6, 6.07) is 6.23. The van der Waals surface area contributed by atoms with E-state index in [0.29, 0.717) is 12.2 Å². The van der Waals surface area contributed by atoms with Crippen molar-refractivity contribution in [1.29, 1.82) is 0 Å². The molecule has 0 heterocycles. The van der Waals surface area contributed by atoms with E-state index in [1.54, 1.807) is 37.2 Å². The van der Waals surface area contributed by atoms with Crippen molar-refractivity contribution in [3.8, 4) is 0 Å². The lowest BCUT2D eigenvalue weighted by atomic mass is 10.1. The summed E-state index contributed by atoms with van der Waals surface area (Å²) in [6.07, 6.45) is 0. The molecule has 6 heteroatoms. The van der Waals surface area contributed by atoms with E-state index in [1.807, 2.05) is 19.0 Å². The molecule has 20 heavy (non-hydrogen) atoms. The molecule has 1 aromatic rings. The van der Waals surface area contributed by atoms with Crippen LogP contribution in [0.1, 0.15) is 10.4 Å². The van der Waals surface area contributed by atoms with E-state index in [4.69, 9.17) is 5.11 Å². The molecule has 1 rings (SSSR count). The number of hydrogen-bond acceptors (Lipinski definition) is 3. The predicted octanol–water partition coefficient (Wildman–Crippen LogP) is 1.43. The first-order chi connectivity index (χ1) is 9.34. The number of aromatic carboxylic acids is 1. The zero-order chi connectivity index (χ0) is 15.3. The lowest BCUT2D eigenvalue weighted by Gasteiger charge is -2.26. The fourth-order valence-corrected chi connectivity index (χ4v) is 1.75. The lowest BCUT2D eigenvalue weighted by Crippen LogP contribution is -2.42. The van der Waals surface area contributed by atoms with E-state index in [-0.39, 0.29) is 11.6 Å². The molecule has 2 amide bonds. The van der Waals surface area contributed by atoms with Gasteiger partial charge in [0.1, 0.15) is 0 Å². The van der Waals surface area contributed by atoms with Crippen LogP contribution in [0.2, 0.25) is 0 Å². The Hall–Kier alpha value is -2.08. The summed E-state index contributed by atoms with van der Waals surface area (Å²) in [7, 11) is 7.14. The van der Waals surface area contributed by atoms with Crippen LogP contribution in [0.4, 0.5) is 10.5 Å². The number of carbonyl (C=O) groups is 2. The quantitative estimate of drug-likeness (QED) is 0.885. The number of carbonyl (C=O) groups excluding carboxylic acids is 1. The molecule has 6 nitrogen and oxygen atoms in total. The highest BCUT2D eigenvalue weighted by Gasteiger charge is 2.20. The van der Waals surface area contributed by atoms with E-state index in [0.717, 1.165) is 6.54 Å². The van der Waals surface area contributed by atoms with Crippen molar-refractivity contribution < 1.29 is 14.7 Å². The molecule has 0 aliphatic heterocycles. The third-order valence-electron chi connectivity index (χ3n) is 2.99. The number of amides is 2. The Kier molecular flexibility index (Phi) is 5.52. The van der Waals surface area contributed by atoms with Gasteiger partial charge in [0.2, 0.25) is 0 Å². The van der Waals surface area contributed by atoms with Crippen molar-refractivity contribution in [2.75, 3.05) is 46.2 Å². The van der Waals surface area contributed by atoms with Crippen LogP contribution >= 0.6 is 0 Å². The number of likely N-dealkylation sites (N-methyl/N-ethyl adjacent to an activating group) is 2. The van der Waals surface area contributed by atoms with Gasteiger partial charge in [-0.15, -0.1) is 0 Å². The second-order valence-corrected chi connectivity index (χ2v) is 4.89. The van der Waals surface area contributed by atoms with Crippen molar-refractivity contribution in [1.82, 2.24) is 9.80 Å². The smallest absolute Gasteiger partial charge is 0.337 e. The van der Waals surface area contributed by atoms with Gasteiger partial charge in [0, 0.05) is 27.2 Å². The number of anilines is 1. The molecule has 1 aromatic carbocycles. The van der Waals surface area contributed by atoms with Gasteiger partial charge in [0.25, 0.3) is 0 Å². The standard InChI is InChI=1S/C14H21N3O3/c1-15(2)9-10-16(3)14(20)17(4)12-8-6-5-7-11(12)13(18)19/h5-8H,9-10H2,1-4H3,(H,18,19). The van der Waals surface area contributed by atoms with Gasteiger partial charge in [0.15, 0.2) is 0 Å². The molecule has 0 saturated heterocycles. The first kappa shape index (κ1) is 16.0. The van der Waals surface area contributed by atoms with Crippen LogP contribution < -0.4 is 4.90 Å². The molecular formula is C14H21N3O3. The van der Waals surface area contributed by atoms with Crippen LogP contribution in [0.3, 0.4) is 0 Å². The monoisotopic (exact) mass is 279 g/mol. The number of rotatable bonds is 5. The molecule has 110 valence electrons. The minimum absolute atomic E-state index is 0.115. The van der Waals surface area contributed by atoms with Crippen LogP contribution in [0.5, 0.6) is 0 Å². The molecule has 0 saturated carbocycles. The topological polar surface area (TPSA) is 64.1 Å². The Bertz CT molecular complexity index is 488. The summed E-state index contributed by atoms with van der Waals surface area (Å²) in [6.45, 7) is 1.32. The van der Waals surface area contributed by atoms with Crippen molar-refractivity contribution in [3.63, 3.8) is 0 Å². The normalized spacial score (nSPS) is 10.4. The Morgan fingerprint density at radius 2 is 1.65 bits per heavy atom. The van der Waals surface area contributed by atoms with Gasteiger partial charge in [-0.2, -0.15) is 0 Å². The molecular weight excluding hydrogens is 258 g/mol. The minimum atomic E-state index is -1.05. The van der Waals surface area contributed by atoms with Crippen LogP contribution in [0.15, 0.2) is 24.3 Å². The molecule has 0 radical (unpaired) electrons. The molecule has 0 aliphatic carbocycles. The summed E-state index contributed by atoms with van der Waals surface area (Å²) < 4.78 is 0. The summed E-state index contributed by atoms with van der Waals surface area (Å²) >= 11 is 0. The molecule has 0 spiro atoms. The van der Waals surface area contributed by atoms with E-state index in [2.05, 4.69) is 0 Å². The zero-order valence-electron chi connectivity index (χ0n) is 12.3. The summed E-state index contributed by atoms with van der Waals surface area (Å²) in [4.78, 5) is 28.4. The number of carboxylic acids is 1. The summed E-state index contributed by atoms with van der Waals surface area (Å²) in [5, 5.41) is 9.15. The highest BCUT2D eigenvalue weighted by atomic mass is 16.4. The first-order valence-electron chi connectivity index (χ1n) is 6.30. The maximum absolute atomic E-state index is 12.3. The number of hydrogen-bond donors (Lipinski definition) is 1. The Balaban J connectivity index is 2.86. The number of carboxylic acid groups (broad SMARTS) is 1. The molecule has 1 N–H and O–H groups in total. The fourth-order valence-electron chi connectivity index (χ4n) is 1.75. The maximum Gasteiger partial charge on any atom is 0.337 e. The van der Waals surface area contributed by atoms with Crippen molar-refractivity contribution in [2.45, 2.75) is 0 Å². The van der Waals surface area contributed by atoms with Gasteiger partial charge >= 0.3 is 12.0 Å². The van der Waals surface area contributed by atoms with Gasteiger partial charge in [-0.3, -0.25) is 4.90 Å². The van der Waals surface area contributed by atoms with Crippen molar-refractivity contribution in [3.05, 3.63) is 29.8 Å². The van der Waals surface area contributed by atoms with Gasteiger partial charge in [-0.25, -0.2) is 9.59 Å². The second-order valence-electron chi connectivity index (χ2n) is 4.89. The summed E-state index contributed by atoms with van der Waals surface area (Å²) in [5.74, 6) is -1.05. The highest BCUT2D eigenvalue weighted by molar-refractivity contribution is 6.01. The third kappa shape index (κ3) is 3.96. The van der Waals surface area contributed by atoms with Crippen LogP contribution in [0.25, 0.3) is 0 Å². The number of urea groups is 1. The van der Waals surface area contributed by atoms with Gasteiger partial charge < -0.3 is 14.9 Å². The van der Waals surface area contributed by atoms with E-state index >= 15 is 0 Å². The number of nitrogens with zero attached hydrogens (tertiary/aromatic N) is 3. The molecule has 0 aromatic heterocycles. The minimum Gasteiger partial charge on any atom is -0.478 e. The average Bonchev–Trinajstić information content (AvgIpc) is 2.42. The average molecular weight is 279 g/mol. The second kappa shape index (κ2) is 6.91. The summed E-state index contributed by atoms with van der Waals surface area (Å²) in [5.41, 5.74) is 0.506. The number of benzene rings is 1. The molecule has 0 fully saturated rings. The predicted molar refractivity (Wildman–Crippen MR) is 78.4 cm³/mol. The molecule has 0 aliphatic rings. The maximum atomic E-state index is 12.3. The van der Waals surface area contributed by atoms with E-state index < -0.39 is 5.97 Å². The van der Waals surface area contributed by atoms with Crippen molar-refractivity contribution >= 4 is 17.7 Å². The highest BCUT2D eigenvalue weighted by Crippen LogP contribution is 2.20. The third-order valence-corrected chi connectivity index (χ3v) is 2.99. The van der Waals surface area contributed by atoms with Gasteiger partial charge in [-0.05, 0) is 26.2 Å². The lowest BCUT2D eigenvalue weighted by molar-refractivity contribution is 0.0697. The Labute approximate surface area is 119 Å². The van der Waals surface area contributed by atoms with Gasteiger partial charge in [0.05, 0.1) is 11.3 Å². The fraction of sp³-hybridized carbons (Fsp3) is 0.429. The molecule has 0 bridgehead atoms. The van der Waals surface area contributed by atoms with Crippen LogP contribution in [-0.2, 0) is 0 Å². The molecule has 0 atom stereocenters. The van der Waals surface area contributed by atoms with Crippen LogP contribution in [0, 0.1) is 0 Å². The van der Waals surface area contributed by atoms with Gasteiger partial charge in [-0.1, -0.05) is 12.1 Å². The largest absolute Gasteiger partial charge is 0.478 e. The zero-order valence-corrected chi connectivity index (χ0v) is 12.3. The number of para-hydroxylation sites is 1. The van der Waals surface area contributed by atoms with E-state index in [9.17, 15) is 9.59 Å². The SMILES string of the molecule is CN(C)CCN(C)C(=O)N(C)c1ccccc1C(=O)O. The first-order valence-corrected chi connectivity index (χ1v) is 6.30. The Morgan fingerprint density at radius 3 is 2.20 bits per heavy atom. The van der Waals surface area contributed by atoms with Crippen LogP contribution in [-0.4, -0.2) is 68.2 Å². The Morgan fingerprint density at radius 1 is 1.05 bits per heavy atom. The van der Waals surface area contributed by atoms with Crippen molar-refractivity contribution in [2.24, 2.45) is 0 Å². The van der Waals surface area contributed by atoms with E-state index in [1.165, 1.54) is 11.0 Å². The molecule has 0 unspecified atom stereocenters.